The van der Waals surface area contributed by atoms with E-state index in [1.54, 1.807) is 6.07 Å². The van der Waals surface area contributed by atoms with E-state index in [1.165, 1.54) is 25.3 Å². The fraction of sp³-hybridized carbons (Fsp3) is 0.278. The first-order valence-corrected chi connectivity index (χ1v) is 7.66. The lowest BCUT2D eigenvalue weighted by Gasteiger charge is -2.10. The van der Waals surface area contributed by atoms with Gasteiger partial charge in [0.15, 0.2) is 6.61 Å². The van der Waals surface area contributed by atoms with Crippen LogP contribution in [0, 0.1) is 10.1 Å². The second kappa shape index (κ2) is 8.14. The minimum atomic E-state index is -0.733. The molecular formula is C18H19NO6. The second-order valence-corrected chi connectivity index (χ2v) is 5.58. The second-order valence-electron chi connectivity index (χ2n) is 5.58. The molecule has 0 radical (unpaired) electrons. The third-order valence-corrected chi connectivity index (χ3v) is 3.47. The van der Waals surface area contributed by atoms with Crippen molar-refractivity contribution < 1.29 is 23.9 Å². The molecule has 2 rings (SSSR count). The monoisotopic (exact) mass is 345 g/mol. The Kier molecular flexibility index (Phi) is 5.94. The maximum atomic E-state index is 11.9. The summed E-state index contributed by atoms with van der Waals surface area (Å²) in [7, 11) is 1.39. The summed E-state index contributed by atoms with van der Waals surface area (Å²) in [6.45, 7) is 3.75. The Morgan fingerprint density at radius 3 is 2.56 bits per heavy atom. The third kappa shape index (κ3) is 4.94. The molecule has 0 atom stereocenters. The van der Waals surface area contributed by atoms with Crippen molar-refractivity contribution in [1.82, 2.24) is 0 Å². The van der Waals surface area contributed by atoms with Crippen LogP contribution in [0.5, 0.6) is 17.2 Å². The summed E-state index contributed by atoms with van der Waals surface area (Å²) in [5.41, 5.74) is 0.728. The van der Waals surface area contributed by atoms with Gasteiger partial charge in [-0.2, -0.15) is 0 Å². The summed E-state index contributed by atoms with van der Waals surface area (Å²) in [4.78, 5) is 22.4. The van der Waals surface area contributed by atoms with Gasteiger partial charge in [-0.05, 0) is 35.7 Å². The van der Waals surface area contributed by atoms with Crippen LogP contribution in [0.15, 0.2) is 42.5 Å². The number of nitrogens with zero attached hydrogens (tertiary/aromatic N) is 1. The molecule has 7 nitrogen and oxygen atoms in total. The molecule has 7 heteroatoms. The minimum absolute atomic E-state index is 0.157. The summed E-state index contributed by atoms with van der Waals surface area (Å²) >= 11 is 0. The number of benzene rings is 2. The molecule has 0 unspecified atom stereocenters. The molecule has 0 spiro atoms. The van der Waals surface area contributed by atoms with Crippen molar-refractivity contribution in [3.8, 4) is 17.2 Å². The Morgan fingerprint density at radius 1 is 1.16 bits per heavy atom. The van der Waals surface area contributed by atoms with Crippen LogP contribution in [0.2, 0.25) is 0 Å². The Labute approximate surface area is 145 Å². The van der Waals surface area contributed by atoms with Gasteiger partial charge in [0.05, 0.1) is 18.1 Å². The average Bonchev–Trinajstić information content (AvgIpc) is 2.60. The molecule has 2 aromatic rings. The van der Waals surface area contributed by atoms with Crippen molar-refractivity contribution in [3.05, 3.63) is 58.1 Å². The molecule has 0 heterocycles. The van der Waals surface area contributed by atoms with Crippen molar-refractivity contribution in [3.63, 3.8) is 0 Å². The largest absolute Gasteiger partial charge is 0.496 e. The van der Waals surface area contributed by atoms with Gasteiger partial charge >= 0.3 is 11.7 Å². The number of nitro benzene ring substituents is 1. The van der Waals surface area contributed by atoms with Crippen LogP contribution in [0.3, 0.4) is 0 Å². The summed E-state index contributed by atoms with van der Waals surface area (Å²) in [5.74, 6) is 0.275. The zero-order chi connectivity index (χ0) is 18.4. The fourth-order valence-electron chi connectivity index (χ4n) is 2.11. The summed E-state index contributed by atoms with van der Waals surface area (Å²) in [6.07, 6.45) is 0. The average molecular weight is 345 g/mol. The number of esters is 1. The Bertz CT molecular complexity index is 772. The van der Waals surface area contributed by atoms with Gasteiger partial charge in [0.2, 0.25) is 5.75 Å². The van der Waals surface area contributed by atoms with E-state index >= 15 is 0 Å². The van der Waals surface area contributed by atoms with E-state index in [0.29, 0.717) is 17.4 Å². The molecule has 0 aliphatic rings. The molecule has 0 saturated heterocycles. The van der Waals surface area contributed by atoms with E-state index in [-0.39, 0.29) is 18.0 Å². The molecular weight excluding hydrogens is 326 g/mol. The smallest absolute Gasteiger partial charge is 0.349 e. The normalized spacial score (nSPS) is 10.4. The van der Waals surface area contributed by atoms with Crippen molar-refractivity contribution >= 4 is 11.7 Å². The lowest BCUT2D eigenvalue weighted by molar-refractivity contribution is -0.385. The van der Waals surface area contributed by atoms with E-state index in [0.717, 1.165) is 5.56 Å². The van der Waals surface area contributed by atoms with Crippen LogP contribution in [0.4, 0.5) is 5.69 Å². The first kappa shape index (κ1) is 18.3. The highest BCUT2D eigenvalue weighted by molar-refractivity contribution is 5.75. The molecule has 0 fully saturated rings. The zero-order valence-electron chi connectivity index (χ0n) is 14.2. The van der Waals surface area contributed by atoms with Crippen LogP contribution in [0.1, 0.15) is 25.3 Å². The van der Waals surface area contributed by atoms with Crippen molar-refractivity contribution in [2.75, 3.05) is 13.7 Å². The predicted molar refractivity (Wildman–Crippen MR) is 91.3 cm³/mol. The van der Waals surface area contributed by atoms with Gasteiger partial charge in [-0.15, -0.1) is 0 Å². The number of nitro groups is 1. The highest BCUT2D eigenvalue weighted by Gasteiger charge is 2.19. The van der Waals surface area contributed by atoms with Gasteiger partial charge in [-0.25, -0.2) is 4.79 Å². The summed E-state index contributed by atoms with van der Waals surface area (Å²) in [5, 5.41) is 11.1. The number of hydrogen-bond donors (Lipinski definition) is 0. The van der Waals surface area contributed by atoms with Gasteiger partial charge < -0.3 is 14.2 Å². The van der Waals surface area contributed by atoms with Crippen LogP contribution in [-0.4, -0.2) is 24.6 Å². The van der Waals surface area contributed by atoms with Crippen molar-refractivity contribution in [2.24, 2.45) is 0 Å². The van der Waals surface area contributed by atoms with Gasteiger partial charge in [0.1, 0.15) is 11.5 Å². The van der Waals surface area contributed by atoms with Crippen LogP contribution in [0.25, 0.3) is 0 Å². The van der Waals surface area contributed by atoms with E-state index in [2.05, 4.69) is 13.8 Å². The van der Waals surface area contributed by atoms with E-state index in [4.69, 9.17) is 14.2 Å². The van der Waals surface area contributed by atoms with Gasteiger partial charge in [-0.3, -0.25) is 10.1 Å². The summed E-state index contributed by atoms with van der Waals surface area (Å²) in [6, 6.07) is 11.4. The van der Waals surface area contributed by atoms with Crippen LogP contribution >= 0.6 is 0 Å². The first-order chi connectivity index (χ1) is 11.9. The van der Waals surface area contributed by atoms with Crippen molar-refractivity contribution in [2.45, 2.75) is 19.8 Å². The number of carbonyl (C=O) groups is 1. The topological polar surface area (TPSA) is 87.9 Å². The predicted octanol–water partition coefficient (Wildman–Crippen LogP) is 3.71. The molecule has 0 bridgehead atoms. The van der Waals surface area contributed by atoms with Crippen LogP contribution < -0.4 is 14.2 Å². The molecule has 25 heavy (non-hydrogen) atoms. The number of rotatable bonds is 7. The Hall–Kier alpha value is -3.09. The number of hydrogen-bond acceptors (Lipinski definition) is 6. The standard InChI is InChI=1S/C18H19NO6/c1-12(2)13-5-4-6-15(9-13)24-11-18(20)25-17-8-7-14(23-3)10-16(17)19(21)22/h4-10,12H,11H2,1-3H3. The van der Waals surface area contributed by atoms with E-state index in [9.17, 15) is 14.9 Å². The molecule has 0 aliphatic heterocycles. The Balaban J connectivity index is 2.03. The fourth-order valence-corrected chi connectivity index (χ4v) is 2.11. The molecule has 132 valence electrons. The number of methoxy groups -OCH3 is 1. The number of carbonyl (C=O) groups excluding carboxylic acids is 1. The molecule has 0 aromatic heterocycles. The van der Waals surface area contributed by atoms with Gasteiger partial charge in [0, 0.05) is 0 Å². The SMILES string of the molecule is COc1ccc(OC(=O)COc2cccc(C(C)C)c2)c([N+](=O)[O-])c1. The maximum Gasteiger partial charge on any atom is 0.349 e. The molecule has 0 N–H and O–H groups in total. The third-order valence-electron chi connectivity index (χ3n) is 3.47. The van der Waals surface area contributed by atoms with E-state index < -0.39 is 10.9 Å². The molecule has 0 amide bonds. The minimum Gasteiger partial charge on any atom is -0.496 e. The van der Waals surface area contributed by atoms with Gasteiger partial charge in [0.25, 0.3) is 0 Å². The quantitative estimate of drug-likeness (QED) is 0.329. The van der Waals surface area contributed by atoms with E-state index in [1.807, 2.05) is 18.2 Å². The molecule has 0 aliphatic carbocycles. The van der Waals surface area contributed by atoms with Crippen molar-refractivity contribution in [1.29, 1.82) is 0 Å². The lowest BCUT2D eigenvalue weighted by Crippen LogP contribution is -2.18. The molecule has 0 saturated carbocycles. The Morgan fingerprint density at radius 2 is 1.92 bits per heavy atom. The lowest BCUT2D eigenvalue weighted by atomic mass is 10.0. The zero-order valence-corrected chi connectivity index (χ0v) is 14.2. The highest BCUT2D eigenvalue weighted by Crippen LogP contribution is 2.31. The highest BCUT2D eigenvalue weighted by atomic mass is 16.6. The maximum absolute atomic E-state index is 11.9. The number of ether oxygens (including phenoxy) is 3. The first-order valence-electron chi connectivity index (χ1n) is 7.66. The van der Waals surface area contributed by atoms with Gasteiger partial charge in [-0.1, -0.05) is 26.0 Å². The molecule has 2 aromatic carbocycles. The summed E-state index contributed by atoms with van der Waals surface area (Å²) < 4.78 is 15.4. The van der Waals surface area contributed by atoms with Crippen LogP contribution in [-0.2, 0) is 4.79 Å².